The van der Waals surface area contributed by atoms with Gasteiger partial charge in [-0.25, -0.2) is 0 Å². The van der Waals surface area contributed by atoms with Gasteiger partial charge in [0.2, 0.25) is 0 Å². The van der Waals surface area contributed by atoms with Crippen LogP contribution in [-0.4, -0.2) is 17.0 Å². The lowest BCUT2D eigenvalue weighted by atomic mass is 10.2. The Kier molecular flexibility index (Phi) is 3.39. The van der Waals surface area contributed by atoms with Gasteiger partial charge in [-0.2, -0.15) is 5.26 Å². The number of aromatic nitrogens is 1. The summed E-state index contributed by atoms with van der Waals surface area (Å²) in [5.74, 6) is 0. The second kappa shape index (κ2) is 5.14. The van der Waals surface area contributed by atoms with Crippen molar-refractivity contribution in [3.8, 4) is 6.07 Å². The van der Waals surface area contributed by atoms with E-state index >= 15 is 0 Å². The van der Waals surface area contributed by atoms with Crippen molar-refractivity contribution in [2.45, 2.75) is 0 Å². The molecule has 6 heteroatoms. The smallest absolute Gasteiger partial charge is 0.310 e. The summed E-state index contributed by atoms with van der Waals surface area (Å²) < 4.78 is 0. The van der Waals surface area contributed by atoms with E-state index in [0.717, 1.165) is 0 Å². The zero-order valence-electron chi connectivity index (χ0n) is 10.1. The molecule has 94 valence electrons. The van der Waals surface area contributed by atoms with E-state index in [1.165, 1.54) is 12.4 Å². The third-order valence-electron chi connectivity index (χ3n) is 2.70. The number of anilines is 2. The summed E-state index contributed by atoms with van der Waals surface area (Å²) in [5, 5.41) is 19.8. The molecule has 0 bridgehead atoms. The average molecular weight is 254 g/mol. The molecule has 1 aromatic heterocycles. The van der Waals surface area contributed by atoms with Gasteiger partial charge in [-0.05, 0) is 24.3 Å². The maximum absolute atomic E-state index is 11.0. The molecule has 0 atom stereocenters. The zero-order valence-corrected chi connectivity index (χ0v) is 10.1. The maximum atomic E-state index is 11.0. The first-order chi connectivity index (χ1) is 9.13. The van der Waals surface area contributed by atoms with E-state index in [9.17, 15) is 10.1 Å². The van der Waals surface area contributed by atoms with E-state index < -0.39 is 4.92 Å². The van der Waals surface area contributed by atoms with Gasteiger partial charge in [0, 0.05) is 18.9 Å². The van der Waals surface area contributed by atoms with E-state index in [2.05, 4.69) is 4.98 Å². The first kappa shape index (κ1) is 12.5. The molecular weight excluding hydrogens is 244 g/mol. The van der Waals surface area contributed by atoms with Crippen LogP contribution in [0.3, 0.4) is 0 Å². The van der Waals surface area contributed by atoms with E-state index in [-0.39, 0.29) is 5.69 Å². The first-order valence-corrected chi connectivity index (χ1v) is 5.46. The predicted octanol–water partition coefficient (Wildman–Crippen LogP) is 2.63. The van der Waals surface area contributed by atoms with Crippen LogP contribution in [0.5, 0.6) is 0 Å². The van der Waals surface area contributed by atoms with Crippen molar-refractivity contribution in [2.24, 2.45) is 0 Å². The fourth-order valence-corrected chi connectivity index (χ4v) is 1.73. The summed E-state index contributed by atoms with van der Waals surface area (Å²) >= 11 is 0. The molecule has 0 fully saturated rings. The molecule has 0 unspecified atom stereocenters. The Labute approximate surface area is 109 Å². The SMILES string of the molecule is CN(c1cccc(C#N)c1)c1ccncc1[N+](=O)[O-]. The third kappa shape index (κ3) is 2.50. The largest absolute Gasteiger partial charge is 0.339 e. The Morgan fingerprint density at radius 3 is 2.89 bits per heavy atom. The van der Waals surface area contributed by atoms with Crippen LogP contribution in [-0.2, 0) is 0 Å². The summed E-state index contributed by atoms with van der Waals surface area (Å²) in [7, 11) is 1.71. The Bertz CT molecular complexity index is 664. The predicted molar refractivity (Wildman–Crippen MR) is 70.1 cm³/mol. The number of nitrogens with zero attached hydrogens (tertiary/aromatic N) is 4. The molecule has 1 heterocycles. The number of hydrogen-bond donors (Lipinski definition) is 0. The molecule has 0 saturated carbocycles. The van der Waals surface area contributed by atoms with Crippen LogP contribution in [0.1, 0.15) is 5.56 Å². The van der Waals surface area contributed by atoms with Gasteiger partial charge in [0.1, 0.15) is 11.9 Å². The number of nitriles is 1. The zero-order chi connectivity index (χ0) is 13.8. The van der Waals surface area contributed by atoms with Crippen LogP contribution < -0.4 is 4.90 Å². The highest BCUT2D eigenvalue weighted by atomic mass is 16.6. The van der Waals surface area contributed by atoms with Crippen molar-refractivity contribution < 1.29 is 4.92 Å². The molecule has 2 aromatic rings. The summed E-state index contributed by atoms with van der Waals surface area (Å²) in [4.78, 5) is 15.9. The molecule has 19 heavy (non-hydrogen) atoms. The van der Waals surface area contributed by atoms with Gasteiger partial charge in [0.05, 0.1) is 16.6 Å². The number of hydrogen-bond acceptors (Lipinski definition) is 5. The van der Waals surface area contributed by atoms with Crippen molar-refractivity contribution in [1.29, 1.82) is 5.26 Å². The molecule has 0 amide bonds. The molecule has 1 aromatic carbocycles. The van der Waals surface area contributed by atoms with Crippen LogP contribution in [0.15, 0.2) is 42.7 Å². The van der Waals surface area contributed by atoms with E-state index in [1.807, 2.05) is 6.07 Å². The van der Waals surface area contributed by atoms with Crippen LogP contribution in [0, 0.1) is 21.4 Å². The molecule has 0 radical (unpaired) electrons. The maximum Gasteiger partial charge on any atom is 0.310 e. The van der Waals surface area contributed by atoms with E-state index in [4.69, 9.17) is 5.26 Å². The molecule has 0 saturated heterocycles. The third-order valence-corrected chi connectivity index (χ3v) is 2.70. The quantitative estimate of drug-likeness (QED) is 0.621. The molecule has 0 aliphatic carbocycles. The molecule has 6 nitrogen and oxygen atoms in total. The second-order valence-electron chi connectivity index (χ2n) is 3.84. The highest BCUT2D eigenvalue weighted by Crippen LogP contribution is 2.31. The summed E-state index contributed by atoms with van der Waals surface area (Å²) in [5.41, 5.74) is 1.55. The Morgan fingerprint density at radius 2 is 2.21 bits per heavy atom. The monoisotopic (exact) mass is 254 g/mol. The number of nitro groups is 1. The average Bonchev–Trinajstić information content (AvgIpc) is 2.46. The van der Waals surface area contributed by atoms with Crippen molar-refractivity contribution in [3.63, 3.8) is 0 Å². The summed E-state index contributed by atoms with van der Waals surface area (Å²) in [6, 6.07) is 10.5. The van der Waals surface area contributed by atoms with Gasteiger partial charge in [0.25, 0.3) is 0 Å². The van der Waals surface area contributed by atoms with Crippen molar-refractivity contribution in [1.82, 2.24) is 4.98 Å². The second-order valence-corrected chi connectivity index (χ2v) is 3.84. The highest BCUT2D eigenvalue weighted by Gasteiger charge is 2.17. The normalized spacial score (nSPS) is 9.68. The molecule has 0 aliphatic heterocycles. The van der Waals surface area contributed by atoms with Crippen LogP contribution >= 0.6 is 0 Å². The minimum atomic E-state index is -0.479. The molecule has 2 rings (SSSR count). The molecule has 0 aliphatic rings. The standard InChI is InChI=1S/C13H10N4O2/c1-16(11-4-2-3-10(7-11)8-14)12-5-6-15-9-13(12)17(18)19/h2-7,9H,1H3. The summed E-state index contributed by atoms with van der Waals surface area (Å²) in [6.45, 7) is 0. The topological polar surface area (TPSA) is 83.1 Å². The number of pyridine rings is 1. The molecule has 0 N–H and O–H groups in total. The molecular formula is C13H10N4O2. The number of benzene rings is 1. The minimum absolute atomic E-state index is 0.0765. The first-order valence-electron chi connectivity index (χ1n) is 5.46. The van der Waals surface area contributed by atoms with Gasteiger partial charge in [-0.1, -0.05) is 6.07 Å². The van der Waals surface area contributed by atoms with Gasteiger partial charge in [-0.15, -0.1) is 0 Å². The Balaban J connectivity index is 2.47. The van der Waals surface area contributed by atoms with Crippen LogP contribution in [0.4, 0.5) is 17.1 Å². The van der Waals surface area contributed by atoms with Crippen molar-refractivity contribution >= 4 is 17.1 Å². The van der Waals surface area contributed by atoms with Crippen molar-refractivity contribution in [2.75, 3.05) is 11.9 Å². The highest BCUT2D eigenvalue weighted by molar-refractivity contribution is 5.71. The lowest BCUT2D eigenvalue weighted by Crippen LogP contribution is -2.11. The van der Waals surface area contributed by atoms with Crippen LogP contribution in [0.25, 0.3) is 0 Å². The van der Waals surface area contributed by atoms with E-state index in [0.29, 0.717) is 16.9 Å². The van der Waals surface area contributed by atoms with Crippen LogP contribution in [0.2, 0.25) is 0 Å². The lowest BCUT2D eigenvalue weighted by molar-refractivity contribution is -0.384. The van der Waals surface area contributed by atoms with Gasteiger partial charge in [0.15, 0.2) is 0 Å². The molecule has 0 spiro atoms. The fourth-order valence-electron chi connectivity index (χ4n) is 1.73. The lowest BCUT2D eigenvalue weighted by Gasteiger charge is -2.19. The van der Waals surface area contributed by atoms with E-state index in [1.54, 1.807) is 42.3 Å². The Hall–Kier alpha value is -2.94. The van der Waals surface area contributed by atoms with Crippen molar-refractivity contribution in [3.05, 3.63) is 58.4 Å². The van der Waals surface area contributed by atoms with Gasteiger partial charge in [-0.3, -0.25) is 15.1 Å². The fraction of sp³-hybridized carbons (Fsp3) is 0.0769. The Morgan fingerprint density at radius 1 is 1.42 bits per heavy atom. The van der Waals surface area contributed by atoms with Gasteiger partial charge >= 0.3 is 5.69 Å². The minimum Gasteiger partial charge on any atom is -0.339 e. The van der Waals surface area contributed by atoms with Gasteiger partial charge < -0.3 is 4.90 Å². The number of rotatable bonds is 3. The summed E-state index contributed by atoms with van der Waals surface area (Å²) in [6.07, 6.45) is 2.70.